The Hall–Kier alpha value is -3.23. The SMILES string of the molecule is CC1(O)CCCN2c3nc(OC[C@@]45CCCN4C[C@H](F)C5)nc4c(F)c(-c5cc(N)cc(Cl)c5C(F)(F)F)nc(c34)OC[C@@H]21. The molecule has 1 aromatic carbocycles. The second kappa shape index (κ2) is 10.1. The molecule has 236 valence electrons. The number of benzene rings is 1. The monoisotopic (exact) mass is 640 g/mol. The highest BCUT2D eigenvalue weighted by Crippen LogP contribution is 2.47. The summed E-state index contributed by atoms with van der Waals surface area (Å²) in [6, 6.07) is 1.01. The van der Waals surface area contributed by atoms with Crippen LogP contribution in [0.5, 0.6) is 11.9 Å². The number of aromatic nitrogens is 3. The number of alkyl halides is 4. The first kappa shape index (κ1) is 29.5. The molecular formula is C29H30ClF5N6O3. The summed E-state index contributed by atoms with van der Waals surface area (Å²) in [5.74, 6) is -1.20. The van der Waals surface area contributed by atoms with Crippen molar-refractivity contribution in [2.45, 2.75) is 68.6 Å². The molecule has 9 nitrogen and oxygen atoms in total. The van der Waals surface area contributed by atoms with E-state index in [1.807, 2.05) is 4.90 Å². The molecule has 2 aromatic heterocycles. The lowest BCUT2D eigenvalue weighted by Gasteiger charge is -2.44. The second-order valence-electron chi connectivity index (χ2n) is 12.4. The Bertz CT molecular complexity index is 1660. The highest BCUT2D eigenvalue weighted by molar-refractivity contribution is 6.32. The van der Waals surface area contributed by atoms with Crippen LogP contribution in [0.4, 0.5) is 33.5 Å². The fraction of sp³-hybridized carbons (Fsp3) is 0.552. The lowest BCUT2D eigenvalue weighted by molar-refractivity contribution is -0.137. The molecular weight excluding hydrogens is 611 g/mol. The normalized spacial score (nSPS) is 28.5. The van der Waals surface area contributed by atoms with Gasteiger partial charge in [0.25, 0.3) is 0 Å². The maximum Gasteiger partial charge on any atom is 0.418 e. The molecule has 3 aromatic rings. The van der Waals surface area contributed by atoms with Gasteiger partial charge in [-0.15, -0.1) is 0 Å². The van der Waals surface area contributed by atoms with E-state index in [0.717, 1.165) is 25.1 Å². The molecule has 3 fully saturated rings. The van der Waals surface area contributed by atoms with Crippen molar-refractivity contribution in [3.8, 4) is 23.1 Å². The van der Waals surface area contributed by atoms with Crippen LogP contribution >= 0.6 is 11.6 Å². The first-order valence-corrected chi connectivity index (χ1v) is 14.9. The Labute approximate surface area is 254 Å². The molecule has 6 heterocycles. The predicted molar refractivity (Wildman–Crippen MR) is 152 cm³/mol. The number of halogens is 6. The third-order valence-corrected chi connectivity index (χ3v) is 9.72. The Morgan fingerprint density at radius 1 is 1.18 bits per heavy atom. The topological polar surface area (TPSA) is 110 Å². The molecule has 4 aliphatic rings. The van der Waals surface area contributed by atoms with Crippen LogP contribution in [-0.4, -0.2) is 81.2 Å². The van der Waals surface area contributed by atoms with Gasteiger partial charge in [0.1, 0.15) is 41.8 Å². The maximum atomic E-state index is 16.6. The number of hydrogen-bond acceptors (Lipinski definition) is 9. The molecule has 0 saturated carbocycles. The van der Waals surface area contributed by atoms with Gasteiger partial charge in [0, 0.05) is 30.8 Å². The van der Waals surface area contributed by atoms with Crippen molar-refractivity contribution in [1.82, 2.24) is 19.9 Å². The van der Waals surface area contributed by atoms with Crippen molar-refractivity contribution in [3.63, 3.8) is 0 Å². The van der Waals surface area contributed by atoms with Crippen LogP contribution in [0.15, 0.2) is 12.1 Å². The van der Waals surface area contributed by atoms with Gasteiger partial charge in [-0.3, -0.25) is 4.90 Å². The third-order valence-electron chi connectivity index (χ3n) is 9.42. The van der Waals surface area contributed by atoms with Crippen LogP contribution in [0.25, 0.3) is 22.2 Å². The summed E-state index contributed by atoms with van der Waals surface area (Å²) in [6.07, 6.45) is -3.07. The van der Waals surface area contributed by atoms with E-state index in [0.29, 0.717) is 32.4 Å². The fourth-order valence-electron chi connectivity index (χ4n) is 7.36. The van der Waals surface area contributed by atoms with E-state index < -0.39 is 57.2 Å². The maximum absolute atomic E-state index is 16.6. The summed E-state index contributed by atoms with van der Waals surface area (Å²) in [7, 11) is 0. The zero-order valence-corrected chi connectivity index (χ0v) is 24.5. The largest absolute Gasteiger partial charge is 0.475 e. The molecule has 1 unspecified atom stereocenters. The highest BCUT2D eigenvalue weighted by Gasteiger charge is 2.50. The van der Waals surface area contributed by atoms with Crippen molar-refractivity contribution < 1.29 is 36.5 Å². The van der Waals surface area contributed by atoms with Crippen LogP contribution in [0.1, 0.15) is 44.6 Å². The molecule has 0 amide bonds. The Balaban J connectivity index is 1.42. The van der Waals surface area contributed by atoms with Crippen LogP contribution in [0.3, 0.4) is 0 Å². The number of aliphatic hydroxyl groups is 1. The van der Waals surface area contributed by atoms with Crippen molar-refractivity contribution in [2.75, 3.05) is 43.5 Å². The Morgan fingerprint density at radius 2 is 1.95 bits per heavy atom. The number of nitrogens with zero attached hydrogens (tertiary/aromatic N) is 5. The van der Waals surface area contributed by atoms with Crippen LogP contribution in [-0.2, 0) is 6.18 Å². The third kappa shape index (κ3) is 4.67. The predicted octanol–water partition coefficient (Wildman–Crippen LogP) is 5.15. The summed E-state index contributed by atoms with van der Waals surface area (Å²) in [6.45, 7) is 3.06. The Kier molecular flexibility index (Phi) is 6.80. The van der Waals surface area contributed by atoms with E-state index in [-0.39, 0.29) is 53.9 Å². The quantitative estimate of drug-likeness (QED) is 0.296. The average Bonchev–Trinajstić information content (AvgIpc) is 3.40. The van der Waals surface area contributed by atoms with Gasteiger partial charge in [-0.1, -0.05) is 11.6 Å². The summed E-state index contributed by atoms with van der Waals surface area (Å²) >= 11 is 5.98. The Morgan fingerprint density at radius 3 is 2.73 bits per heavy atom. The molecule has 0 spiro atoms. The minimum atomic E-state index is -4.97. The number of nitrogen functional groups attached to an aromatic ring is 1. The van der Waals surface area contributed by atoms with E-state index in [4.69, 9.17) is 26.8 Å². The minimum Gasteiger partial charge on any atom is -0.475 e. The van der Waals surface area contributed by atoms with Gasteiger partial charge in [-0.25, -0.2) is 13.8 Å². The number of rotatable bonds is 4. The molecule has 4 aliphatic heterocycles. The number of hydrogen-bond donors (Lipinski definition) is 2. The summed E-state index contributed by atoms with van der Waals surface area (Å²) in [5, 5.41) is 10.6. The minimum absolute atomic E-state index is 0.0349. The molecule has 7 rings (SSSR count). The van der Waals surface area contributed by atoms with Crippen LogP contribution in [0, 0.1) is 5.82 Å². The molecule has 4 atom stereocenters. The van der Waals surface area contributed by atoms with Gasteiger partial charge >= 0.3 is 12.2 Å². The number of piperidine rings is 1. The molecule has 3 saturated heterocycles. The highest BCUT2D eigenvalue weighted by atomic mass is 35.5. The lowest BCUT2D eigenvalue weighted by atomic mass is 9.86. The van der Waals surface area contributed by atoms with Gasteiger partial charge in [0.15, 0.2) is 5.82 Å². The molecule has 3 N–H and O–H groups in total. The molecule has 0 aliphatic carbocycles. The zero-order valence-electron chi connectivity index (χ0n) is 23.7. The van der Waals surface area contributed by atoms with Crippen molar-refractivity contribution in [3.05, 3.63) is 28.5 Å². The van der Waals surface area contributed by atoms with E-state index in [2.05, 4.69) is 15.0 Å². The van der Waals surface area contributed by atoms with Crippen LogP contribution < -0.4 is 20.1 Å². The molecule has 15 heteroatoms. The molecule has 44 heavy (non-hydrogen) atoms. The smallest absolute Gasteiger partial charge is 0.418 e. The van der Waals surface area contributed by atoms with E-state index >= 15 is 4.39 Å². The van der Waals surface area contributed by atoms with Crippen molar-refractivity contribution >= 4 is 34.0 Å². The number of anilines is 2. The van der Waals surface area contributed by atoms with Gasteiger partial charge in [-0.05, 0) is 51.3 Å². The van der Waals surface area contributed by atoms with E-state index in [9.17, 15) is 22.7 Å². The van der Waals surface area contributed by atoms with Crippen LogP contribution in [0.2, 0.25) is 5.02 Å². The number of nitrogens with two attached hydrogens (primary N) is 1. The fourth-order valence-corrected chi connectivity index (χ4v) is 7.69. The van der Waals surface area contributed by atoms with Crippen molar-refractivity contribution in [1.29, 1.82) is 0 Å². The van der Waals surface area contributed by atoms with Gasteiger partial charge in [-0.2, -0.15) is 23.1 Å². The lowest BCUT2D eigenvalue weighted by Crippen LogP contribution is -2.58. The van der Waals surface area contributed by atoms with Crippen molar-refractivity contribution in [2.24, 2.45) is 0 Å². The second-order valence-corrected chi connectivity index (χ2v) is 12.8. The standard InChI is InChI=1S/C29H30ClF5N6O3/c1-27(42)4-2-7-41-18(27)12-43-25-19-23(21(32)22(37-25)16-8-15(36)9-17(30)20(16)29(33,34)35)38-26(39-24(19)41)44-13-28-5-3-6-40(28)11-14(31)10-28/h8-9,14,18,42H,2-7,10-13,36H2,1H3/t14-,18-,27?,28+/m1/s1. The summed E-state index contributed by atoms with van der Waals surface area (Å²) in [5.41, 5.74) is 0.844. The first-order chi connectivity index (χ1) is 20.8. The van der Waals surface area contributed by atoms with Gasteiger partial charge in [0.2, 0.25) is 5.88 Å². The van der Waals surface area contributed by atoms with Gasteiger partial charge in [0.05, 0.1) is 27.8 Å². The average molecular weight is 641 g/mol. The van der Waals surface area contributed by atoms with Gasteiger partial charge < -0.3 is 25.2 Å². The van der Waals surface area contributed by atoms with E-state index in [1.54, 1.807) is 11.8 Å². The summed E-state index contributed by atoms with van der Waals surface area (Å²) < 4.78 is 85.7. The summed E-state index contributed by atoms with van der Waals surface area (Å²) in [4.78, 5) is 17.0. The number of fused-ring (bicyclic) bond motifs is 3. The van der Waals surface area contributed by atoms with E-state index in [1.165, 1.54) is 0 Å². The molecule has 0 bridgehead atoms. The number of ether oxygens (including phenoxy) is 2. The number of pyridine rings is 1. The zero-order chi connectivity index (χ0) is 31.2. The first-order valence-electron chi connectivity index (χ1n) is 14.5. The molecule has 0 radical (unpaired) electrons.